The van der Waals surface area contributed by atoms with E-state index in [0.29, 0.717) is 32.4 Å². The van der Waals surface area contributed by atoms with E-state index in [0.717, 1.165) is 51.4 Å². The van der Waals surface area contributed by atoms with E-state index in [1.54, 1.807) is 6.92 Å². The molecule has 6 nitrogen and oxygen atoms in total. The van der Waals surface area contributed by atoms with Crippen LogP contribution in [-0.2, 0) is 10.0 Å². The molecule has 1 unspecified atom stereocenters. The second-order valence-electron chi connectivity index (χ2n) is 6.11. The van der Waals surface area contributed by atoms with Crippen LogP contribution in [0.5, 0.6) is 0 Å². The van der Waals surface area contributed by atoms with Gasteiger partial charge >= 0.3 is 0 Å². The zero-order valence-corrected chi connectivity index (χ0v) is 16.1. The zero-order chi connectivity index (χ0) is 19.0. The van der Waals surface area contributed by atoms with E-state index in [9.17, 15) is 8.42 Å². The summed E-state index contributed by atoms with van der Waals surface area (Å²) < 4.78 is 26.8. The molecule has 0 aromatic rings. The molecule has 0 aliphatic rings. The van der Waals surface area contributed by atoms with Gasteiger partial charge in [-0.25, -0.2) is 12.7 Å². The lowest BCUT2D eigenvalue weighted by Gasteiger charge is -2.24. The number of nitriles is 3. The van der Waals surface area contributed by atoms with E-state index < -0.39 is 15.3 Å². The Morgan fingerprint density at radius 1 is 0.800 bits per heavy atom. The van der Waals surface area contributed by atoms with Crippen molar-refractivity contribution in [3.8, 4) is 18.2 Å². The van der Waals surface area contributed by atoms with E-state index in [4.69, 9.17) is 15.8 Å². The third-order valence-electron chi connectivity index (χ3n) is 4.13. The van der Waals surface area contributed by atoms with Crippen LogP contribution in [0.15, 0.2) is 0 Å². The second-order valence-corrected chi connectivity index (χ2v) is 8.23. The molecule has 25 heavy (non-hydrogen) atoms. The molecule has 0 aliphatic carbocycles. The first-order chi connectivity index (χ1) is 12.0. The first kappa shape index (κ1) is 23.4. The van der Waals surface area contributed by atoms with Crippen molar-refractivity contribution in [1.29, 1.82) is 15.8 Å². The standard InChI is InChI=1S/C18H30N4O2S/c1-2-18(17-21)25(23,24)22(15-11-7-3-5-9-13-19)16-12-8-4-6-10-14-20/h18H,2-12,15-16H2,1H3. The lowest BCUT2D eigenvalue weighted by atomic mass is 10.1. The van der Waals surface area contributed by atoms with Crippen molar-refractivity contribution in [2.75, 3.05) is 13.1 Å². The van der Waals surface area contributed by atoms with Gasteiger partial charge in [-0.05, 0) is 32.1 Å². The highest BCUT2D eigenvalue weighted by Crippen LogP contribution is 2.16. The van der Waals surface area contributed by atoms with Gasteiger partial charge in [-0.3, -0.25) is 0 Å². The van der Waals surface area contributed by atoms with Crippen molar-refractivity contribution in [3.05, 3.63) is 0 Å². The van der Waals surface area contributed by atoms with Crippen LogP contribution in [0.4, 0.5) is 0 Å². The number of unbranched alkanes of at least 4 members (excludes halogenated alkanes) is 8. The Labute approximate surface area is 153 Å². The average molecular weight is 367 g/mol. The zero-order valence-electron chi connectivity index (χ0n) is 15.3. The molecule has 0 heterocycles. The van der Waals surface area contributed by atoms with Crippen LogP contribution in [0, 0.1) is 34.0 Å². The van der Waals surface area contributed by atoms with Crippen LogP contribution in [0.1, 0.15) is 77.6 Å². The summed E-state index contributed by atoms with van der Waals surface area (Å²) in [4.78, 5) is 0. The molecule has 1 atom stereocenters. The molecule has 7 heteroatoms. The molecular formula is C18H30N4O2S. The van der Waals surface area contributed by atoms with Crippen LogP contribution >= 0.6 is 0 Å². The minimum atomic E-state index is -3.59. The summed E-state index contributed by atoms with van der Waals surface area (Å²) in [5, 5.41) is 25.2. The van der Waals surface area contributed by atoms with Crippen molar-refractivity contribution in [3.63, 3.8) is 0 Å². The predicted octanol–water partition coefficient (Wildman–Crippen LogP) is 3.87. The maximum Gasteiger partial charge on any atom is 0.230 e. The van der Waals surface area contributed by atoms with Gasteiger partial charge in [0.15, 0.2) is 5.25 Å². The highest BCUT2D eigenvalue weighted by molar-refractivity contribution is 7.90. The van der Waals surface area contributed by atoms with Gasteiger partial charge in [0.25, 0.3) is 0 Å². The van der Waals surface area contributed by atoms with Gasteiger partial charge in [0.05, 0.1) is 18.2 Å². The number of sulfonamides is 1. The van der Waals surface area contributed by atoms with Crippen LogP contribution < -0.4 is 0 Å². The van der Waals surface area contributed by atoms with Crippen LogP contribution in [0.2, 0.25) is 0 Å². The molecule has 0 fully saturated rings. The van der Waals surface area contributed by atoms with E-state index in [1.165, 1.54) is 4.31 Å². The molecule has 0 rings (SSSR count). The predicted molar refractivity (Wildman–Crippen MR) is 97.6 cm³/mol. The van der Waals surface area contributed by atoms with E-state index in [-0.39, 0.29) is 0 Å². The van der Waals surface area contributed by atoms with Gasteiger partial charge in [-0.2, -0.15) is 15.8 Å². The fourth-order valence-corrected chi connectivity index (χ4v) is 4.29. The number of hydrogen-bond acceptors (Lipinski definition) is 5. The van der Waals surface area contributed by atoms with E-state index in [2.05, 4.69) is 12.1 Å². The molecule has 0 saturated carbocycles. The third kappa shape index (κ3) is 10.1. The van der Waals surface area contributed by atoms with Crippen molar-refractivity contribution in [2.45, 2.75) is 82.8 Å². The second kappa shape index (κ2) is 14.7. The normalized spacial score (nSPS) is 12.3. The molecule has 0 amide bonds. The summed E-state index contributed by atoms with van der Waals surface area (Å²) in [5.74, 6) is 0. The summed E-state index contributed by atoms with van der Waals surface area (Å²) >= 11 is 0. The van der Waals surface area contributed by atoms with Gasteiger partial charge in [0.2, 0.25) is 10.0 Å². The van der Waals surface area contributed by atoms with Crippen molar-refractivity contribution < 1.29 is 8.42 Å². The highest BCUT2D eigenvalue weighted by atomic mass is 32.2. The topological polar surface area (TPSA) is 109 Å². The number of hydrogen-bond donors (Lipinski definition) is 0. The molecule has 0 spiro atoms. The first-order valence-corrected chi connectivity index (χ1v) is 10.7. The Morgan fingerprint density at radius 3 is 1.60 bits per heavy atom. The van der Waals surface area contributed by atoms with Crippen molar-refractivity contribution >= 4 is 10.0 Å². The quantitative estimate of drug-likeness (QED) is 0.409. The number of nitrogens with zero attached hydrogens (tertiary/aromatic N) is 4. The van der Waals surface area contributed by atoms with Crippen molar-refractivity contribution in [1.82, 2.24) is 4.31 Å². The van der Waals surface area contributed by atoms with Gasteiger partial charge < -0.3 is 0 Å². The monoisotopic (exact) mass is 366 g/mol. The minimum absolute atomic E-state index is 0.291. The molecule has 0 aromatic carbocycles. The fourth-order valence-electron chi connectivity index (χ4n) is 2.61. The van der Waals surface area contributed by atoms with Crippen LogP contribution in [0.25, 0.3) is 0 Å². The summed E-state index contributed by atoms with van der Waals surface area (Å²) in [5.41, 5.74) is 0. The fraction of sp³-hybridized carbons (Fsp3) is 0.833. The third-order valence-corrected chi connectivity index (χ3v) is 6.37. The molecule has 0 aliphatic heterocycles. The van der Waals surface area contributed by atoms with Crippen LogP contribution in [-0.4, -0.2) is 31.1 Å². The largest absolute Gasteiger partial charge is 0.230 e. The lowest BCUT2D eigenvalue weighted by Crippen LogP contribution is -2.39. The molecule has 0 saturated heterocycles. The maximum absolute atomic E-state index is 12.6. The SMILES string of the molecule is CCC(C#N)S(=O)(=O)N(CCCCCCC#N)CCCCCCC#N. The van der Waals surface area contributed by atoms with Crippen LogP contribution in [0.3, 0.4) is 0 Å². The smallest absolute Gasteiger partial charge is 0.211 e. The minimum Gasteiger partial charge on any atom is -0.211 e. The van der Waals surface area contributed by atoms with E-state index >= 15 is 0 Å². The Hall–Kier alpha value is -1.62. The first-order valence-electron chi connectivity index (χ1n) is 9.17. The molecule has 0 bridgehead atoms. The Kier molecular flexibility index (Phi) is 13.7. The molecular weight excluding hydrogens is 336 g/mol. The Bertz CT molecular complexity index is 543. The molecule has 140 valence electrons. The lowest BCUT2D eigenvalue weighted by molar-refractivity contribution is 0.381. The van der Waals surface area contributed by atoms with Gasteiger partial charge in [-0.15, -0.1) is 0 Å². The van der Waals surface area contributed by atoms with Gasteiger partial charge in [0.1, 0.15) is 0 Å². The van der Waals surface area contributed by atoms with Gasteiger partial charge in [0, 0.05) is 25.9 Å². The van der Waals surface area contributed by atoms with Crippen molar-refractivity contribution in [2.24, 2.45) is 0 Å². The molecule has 0 N–H and O–H groups in total. The molecule has 0 aromatic heterocycles. The summed E-state index contributed by atoms with van der Waals surface area (Å²) in [6.07, 6.45) is 8.18. The average Bonchev–Trinajstić information content (AvgIpc) is 2.59. The highest BCUT2D eigenvalue weighted by Gasteiger charge is 2.30. The summed E-state index contributed by atoms with van der Waals surface area (Å²) in [7, 11) is -3.59. The Morgan fingerprint density at radius 2 is 1.24 bits per heavy atom. The summed E-state index contributed by atoms with van der Waals surface area (Å²) in [6.45, 7) is 2.59. The Balaban J connectivity index is 4.54. The van der Waals surface area contributed by atoms with E-state index in [1.807, 2.05) is 6.07 Å². The van der Waals surface area contributed by atoms with Gasteiger partial charge in [-0.1, -0.05) is 32.6 Å². The summed E-state index contributed by atoms with van der Waals surface area (Å²) in [6, 6.07) is 6.12. The number of rotatable bonds is 15. The molecule has 0 radical (unpaired) electrons. The maximum atomic E-state index is 12.6.